The number of carbonyl (C=O) groups excluding carboxylic acids is 1. The van der Waals surface area contributed by atoms with Crippen LogP contribution in [0, 0.1) is 11.8 Å². The first-order valence-electron chi connectivity index (χ1n) is 6.90. The maximum absolute atomic E-state index is 12.2. The first-order valence-corrected chi connectivity index (χ1v) is 6.90. The fourth-order valence-electron chi connectivity index (χ4n) is 2.76. The zero-order valence-corrected chi connectivity index (χ0v) is 11.2. The number of pyridine rings is 1. The third-order valence-electron chi connectivity index (χ3n) is 4.19. The van der Waals surface area contributed by atoms with Crippen LogP contribution in [-0.2, 0) is 4.79 Å². The molecule has 2 heterocycles. The first kappa shape index (κ1) is 12.3. The zero-order chi connectivity index (χ0) is 13.4. The van der Waals surface area contributed by atoms with Crippen molar-refractivity contribution >= 4 is 17.3 Å². The van der Waals surface area contributed by atoms with E-state index in [1.807, 2.05) is 11.0 Å². The maximum atomic E-state index is 12.2. The normalized spacial score (nSPS) is 26.4. The summed E-state index contributed by atoms with van der Waals surface area (Å²) in [4.78, 5) is 20.4. The molecule has 1 aromatic heterocycles. The summed E-state index contributed by atoms with van der Waals surface area (Å²) in [6.07, 6.45) is 4.50. The standard InChI is InChI=1S/C14H20N4O/c1-10-8-11(10)14(19)18-6-4-17(5-7-18)13-2-3-16-9-12(13)15/h2-3,9-11H,4-8,15H2,1H3. The summed E-state index contributed by atoms with van der Waals surface area (Å²) in [7, 11) is 0. The molecule has 19 heavy (non-hydrogen) atoms. The Labute approximate surface area is 113 Å². The Kier molecular flexibility index (Phi) is 3.05. The second-order valence-corrected chi connectivity index (χ2v) is 5.57. The van der Waals surface area contributed by atoms with Gasteiger partial charge < -0.3 is 15.5 Å². The van der Waals surface area contributed by atoms with E-state index in [0.29, 0.717) is 17.5 Å². The topological polar surface area (TPSA) is 62.5 Å². The number of amides is 1. The molecule has 1 amide bonds. The van der Waals surface area contributed by atoms with Crippen LogP contribution in [-0.4, -0.2) is 42.0 Å². The van der Waals surface area contributed by atoms with Gasteiger partial charge in [-0.15, -0.1) is 0 Å². The molecule has 1 aromatic rings. The van der Waals surface area contributed by atoms with E-state index >= 15 is 0 Å². The molecule has 3 rings (SSSR count). The summed E-state index contributed by atoms with van der Waals surface area (Å²) in [6, 6.07) is 1.94. The highest BCUT2D eigenvalue weighted by Crippen LogP contribution is 2.39. The molecule has 2 N–H and O–H groups in total. The van der Waals surface area contributed by atoms with Gasteiger partial charge in [-0.3, -0.25) is 9.78 Å². The van der Waals surface area contributed by atoms with Crippen LogP contribution in [0.15, 0.2) is 18.5 Å². The number of carbonyl (C=O) groups is 1. The van der Waals surface area contributed by atoms with Crippen LogP contribution in [0.25, 0.3) is 0 Å². The lowest BCUT2D eigenvalue weighted by Crippen LogP contribution is -2.49. The van der Waals surface area contributed by atoms with Crippen LogP contribution in [0.5, 0.6) is 0 Å². The average Bonchev–Trinajstić information content (AvgIpc) is 3.16. The number of nitrogen functional groups attached to an aromatic ring is 1. The van der Waals surface area contributed by atoms with Crippen molar-refractivity contribution in [1.29, 1.82) is 0 Å². The number of aromatic nitrogens is 1. The van der Waals surface area contributed by atoms with Gasteiger partial charge in [0.05, 0.1) is 17.6 Å². The van der Waals surface area contributed by atoms with E-state index < -0.39 is 0 Å². The van der Waals surface area contributed by atoms with Crippen molar-refractivity contribution < 1.29 is 4.79 Å². The van der Waals surface area contributed by atoms with E-state index in [-0.39, 0.29) is 5.92 Å². The highest BCUT2D eigenvalue weighted by Gasteiger charge is 2.41. The molecule has 5 heteroatoms. The Hall–Kier alpha value is -1.78. The minimum Gasteiger partial charge on any atom is -0.396 e. The molecule has 2 fully saturated rings. The van der Waals surface area contributed by atoms with E-state index in [1.54, 1.807) is 12.4 Å². The Morgan fingerprint density at radius 2 is 2.05 bits per heavy atom. The number of hydrogen-bond donors (Lipinski definition) is 1. The number of nitrogens with two attached hydrogens (primary N) is 1. The van der Waals surface area contributed by atoms with Crippen LogP contribution in [0.2, 0.25) is 0 Å². The Morgan fingerprint density at radius 1 is 1.37 bits per heavy atom. The molecule has 1 aliphatic heterocycles. The quantitative estimate of drug-likeness (QED) is 0.860. The number of anilines is 2. The summed E-state index contributed by atoms with van der Waals surface area (Å²) in [5.41, 5.74) is 7.67. The number of piperazine rings is 1. The van der Waals surface area contributed by atoms with Gasteiger partial charge in [-0.1, -0.05) is 6.92 Å². The van der Waals surface area contributed by atoms with Gasteiger partial charge in [-0.25, -0.2) is 0 Å². The highest BCUT2D eigenvalue weighted by atomic mass is 16.2. The van der Waals surface area contributed by atoms with E-state index in [1.165, 1.54) is 0 Å². The molecule has 0 bridgehead atoms. The molecule has 2 atom stereocenters. The minimum atomic E-state index is 0.289. The smallest absolute Gasteiger partial charge is 0.226 e. The van der Waals surface area contributed by atoms with Crippen molar-refractivity contribution in [3.05, 3.63) is 18.5 Å². The van der Waals surface area contributed by atoms with E-state index in [4.69, 9.17) is 5.73 Å². The van der Waals surface area contributed by atoms with Crippen molar-refractivity contribution in [3.8, 4) is 0 Å². The monoisotopic (exact) mass is 260 g/mol. The SMILES string of the molecule is CC1CC1C(=O)N1CCN(c2ccncc2N)CC1. The second kappa shape index (κ2) is 4.72. The summed E-state index contributed by atoms with van der Waals surface area (Å²) in [5.74, 6) is 1.22. The zero-order valence-electron chi connectivity index (χ0n) is 11.2. The molecule has 0 spiro atoms. The molecule has 0 radical (unpaired) electrons. The van der Waals surface area contributed by atoms with Crippen molar-refractivity contribution in [1.82, 2.24) is 9.88 Å². The molecule has 5 nitrogen and oxygen atoms in total. The van der Waals surface area contributed by atoms with E-state index in [2.05, 4.69) is 16.8 Å². The fourth-order valence-corrected chi connectivity index (χ4v) is 2.76. The lowest BCUT2D eigenvalue weighted by molar-refractivity contribution is -0.133. The summed E-state index contributed by atoms with van der Waals surface area (Å²) in [6.45, 7) is 5.44. The maximum Gasteiger partial charge on any atom is 0.226 e. The van der Waals surface area contributed by atoms with Crippen molar-refractivity contribution in [2.24, 2.45) is 11.8 Å². The minimum absolute atomic E-state index is 0.289. The molecule has 1 saturated heterocycles. The van der Waals surface area contributed by atoms with Gasteiger partial charge in [-0.05, 0) is 18.4 Å². The third-order valence-corrected chi connectivity index (χ3v) is 4.19. The molecular weight excluding hydrogens is 240 g/mol. The highest BCUT2D eigenvalue weighted by molar-refractivity contribution is 5.82. The average molecular weight is 260 g/mol. The summed E-state index contributed by atoms with van der Waals surface area (Å²) in [5, 5.41) is 0. The molecule has 1 aliphatic carbocycles. The van der Waals surface area contributed by atoms with E-state index in [9.17, 15) is 4.79 Å². The second-order valence-electron chi connectivity index (χ2n) is 5.57. The van der Waals surface area contributed by atoms with Crippen LogP contribution >= 0.6 is 0 Å². The number of hydrogen-bond acceptors (Lipinski definition) is 4. The van der Waals surface area contributed by atoms with Crippen LogP contribution in [0.1, 0.15) is 13.3 Å². The molecular formula is C14H20N4O. The van der Waals surface area contributed by atoms with Crippen LogP contribution in [0.3, 0.4) is 0 Å². The Bertz CT molecular complexity index is 482. The van der Waals surface area contributed by atoms with Gasteiger partial charge in [0.1, 0.15) is 0 Å². The lowest BCUT2D eigenvalue weighted by atomic mass is 10.2. The number of nitrogens with zero attached hydrogens (tertiary/aromatic N) is 3. The molecule has 102 valence electrons. The summed E-state index contributed by atoms with van der Waals surface area (Å²) < 4.78 is 0. The van der Waals surface area contributed by atoms with Gasteiger partial charge in [0, 0.05) is 38.3 Å². The van der Waals surface area contributed by atoms with Gasteiger partial charge >= 0.3 is 0 Å². The Morgan fingerprint density at radius 3 is 2.63 bits per heavy atom. The molecule has 2 unspecified atom stereocenters. The van der Waals surface area contributed by atoms with Crippen LogP contribution < -0.4 is 10.6 Å². The fraction of sp³-hybridized carbons (Fsp3) is 0.571. The predicted octanol–water partition coefficient (Wildman–Crippen LogP) is 0.968. The van der Waals surface area contributed by atoms with Gasteiger partial charge in [0.15, 0.2) is 0 Å². The largest absolute Gasteiger partial charge is 0.396 e. The first-order chi connectivity index (χ1) is 9.16. The van der Waals surface area contributed by atoms with Gasteiger partial charge in [0.25, 0.3) is 0 Å². The van der Waals surface area contributed by atoms with Crippen molar-refractivity contribution in [2.75, 3.05) is 36.8 Å². The van der Waals surface area contributed by atoms with E-state index in [0.717, 1.165) is 38.3 Å². The van der Waals surface area contributed by atoms with Gasteiger partial charge in [-0.2, -0.15) is 0 Å². The Balaban J connectivity index is 1.60. The summed E-state index contributed by atoms with van der Waals surface area (Å²) >= 11 is 0. The molecule has 1 saturated carbocycles. The van der Waals surface area contributed by atoms with Crippen molar-refractivity contribution in [2.45, 2.75) is 13.3 Å². The van der Waals surface area contributed by atoms with Crippen molar-refractivity contribution in [3.63, 3.8) is 0 Å². The lowest BCUT2D eigenvalue weighted by Gasteiger charge is -2.36. The van der Waals surface area contributed by atoms with Gasteiger partial charge in [0.2, 0.25) is 5.91 Å². The third kappa shape index (κ3) is 2.37. The van der Waals surface area contributed by atoms with Crippen LogP contribution in [0.4, 0.5) is 11.4 Å². The molecule has 0 aromatic carbocycles. The number of rotatable bonds is 2. The predicted molar refractivity (Wildman–Crippen MR) is 74.7 cm³/mol. The molecule has 2 aliphatic rings.